The highest BCUT2D eigenvalue weighted by molar-refractivity contribution is 7.13. The first kappa shape index (κ1) is 12.5. The first-order valence-corrected chi connectivity index (χ1v) is 6.91. The van der Waals surface area contributed by atoms with E-state index in [-0.39, 0.29) is 5.91 Å². The van der Waals surface area contributed by atoms with Crippen LogP contribution in [0.3, 0.4) is 0 Å². The summed E-state index contributed by atoms with van der Waals surface area (Å²) in [6.07, 6.45) is 1.69. The molecule has 3 aromatic rings. The molecule has 0 aliphatic carbocycles. The van der Waals surface area contributed by atoms with Crippen molar-refractivity contribution in [1.29, 1.82) is 0 Å². The summed E-state index contributed by atoms with van der Waals surface area (Å²) in [6, 6.07) is 3.24. The van der Waals surface area contributed by atoms with Gasteiger partial charge in [0.05, 0.1) is 0 Å². The molecule has 0 spiro atoms. The number of carbonyl (C=O) groups is 1. The fraction of sp³-hybridized carbons (Fsp3) is 0.167. The summed E-state index contributed by atoms with van der Waals surface area (Å²) >= 11 is 1.45. The molecule has 0 atom stereocenters. The maximum atomic E-state index is 11.8. The number of rotatable bonds is 3. The predicted molar refractivity (Wildman–Crippen MR) is 76.5 cm³/mol. The van der Waals surface area contributed by atoms with E-state index in [1.807, 2.05) is 12.3 Å². The minimum atomic E-state index is -0.180. The fourth-order valence-electron chi connectivity index (χ4n) is 1.83. The lowest BCUT2D eigenvalue weighted by Crippen LogP contribution is -2.23. The smallest absolute Gasteiger partial charge is 0.251 e. The molecule has 0 unspecified atom stereocenters. The van der Waals surface area contributed by atoms with E-state index in [0.29, 0.717) is 34.4 Å². The van der Waals surface area contributed by atoms with Crippen LogP contribution in [0, 0.1) is 0 Å². The van der Waals surface area contributed by atoms with Crippen molar-refractivity contribution in [2.75, 3.05) is 12.3 Å². The van der Waals surface area contributed by atoms with Gasteiger partial charge in [0.2, 0.25) is 5.82 Å². The second-order valence-electron chi connectivity index (χ2n) is 4.07. The number of nitrogen functional groups attached to an aromatic ring is 1. The van der Waals surface area contributed by atoms with Gasteiger partial charge in [-0.2, -0.15) is 4.52 Å². The van der Waals surface area contributed by atoms with Gasteiger partial charge in [-0.15, -0.1) is 16.4 Å². The van der Waals surface area contributed by atoms with Crippen LogP contribution in [0.1, 0.15) is 17.3 Å². The van der Waals surface area contributed by atoms with Gasteiger partial charge in [0.25, 0.3) is 5.91 Å². The van der Waals surface area contributed by atoms with Crippen LogP contribution in [-0.4, -0.2) is 32.0 Å². The number of pyridine rings is 1. The molecule has 3 N–H and O–H groups in total. The quantitative estimate of drug-likeness (QED) is 0.754. The second kappa shape index (κ2) is 4.89. The third-order valence-corrected chi connectivity index (χ3v) is 3.46. The van der Waals surface area contributed by atoms with Gasteiger partial charge in [0.15, 0.2) is 10.7 Å². The molecule has 1 amide bonds. The Morgan fingerprint density at radius 3 is 3.05 bits per heavy atom. The Morgan fingerprint density at radius 2 is 2.35 bits per heavy atom. The van der Waals surface area contributed by atoms with Crippen LogP contribution in [0.2, 0.25) is 0 Å². The second-order valence-corrected chi connectivity index (χ2v) is 4.97. The van der Waals surface area contributed by atoms with Gasteiger partial charge < -0.3 is 11.1 Å². The summed E-state index contributed by atoms with van der Waals surface area (Å²) in [6.45, 7) is 2.42. The van der Waals surface area contributed by atoms with Gasteiger partial charge in [0.1, 0.15) is 5.82 Å². The molecule has 0 aliphatic rings. The molecule has 0 saturated heterocycles. The summed E-state index contributed by atoms with van der Waals surface area (Å²) in [4.78, 5) is 20.4. The molecule has 7 nitrogen and oxygen atoms in total. The lowest BCUT2D eigenvalue weighted by Gasteiger charge is -2.04. The van der Waals surface area contributed by atoms with Gasteiger partial charge in [-0.05, 0) is 19.1 Å². The molecule has 8 heteroatoms. The molecule has 0 aliphatic heterocycles. The van der Waals surface area contributed by atoms with Gasteiger partial charge in [-0.1, -0.05) is 0 Å². The Hall–Kier alpha value is -2.48. The molecule has 0 bridgehead atoms. The van der Waals surface area contributed by atoms with Crippen LogP contribution in [0.4, 0.5) is 5.82 Å². The van der Waals surface area contributed by atoms with Crippen molar-refractivity contribution in [2.45, 2.75) is 6.92 Å². The topological polar surface area (TPSA) is 98.2 Å². The number of thiazole rings is 1. The number of fused-ring (bicyclic) bond motifs is 1. The number of nitrogens with one attached hydrogen (secondary N) is 1. The normalized spacial score (nSPS) is 10.8. The minimum Gasteiger partial charge on any atom is -0.384 e. The molecule has 20 heavy (non-hydrogen) atoms. The molecular weight excluding hydrogens is 276 g/mol. The van der Waals surface area contributed by atoms with Crippen LogP contribution in [0.15, 0.2) is 23.7 Å². The van der Waals surface area contributed by atoms with E-state index in [1.54, 1.807) is 18.3 Å². The van der Waals surface area contributed by atoms with Crippen molar-refractivity contribution >= 4 is 28.7 Å². The third kappa shape index (κ3) is 2.10. The minimum absolute atomic E-state index is 0.180. The number of hydrogen-bond acceptors (Lipinski definition) is 6. The van der Waals surface area contributed by atoms with E-state index in [9.17, 15) is 4.79 Å². The first-order chi connectivity index (χ1) is 9.69. The summed E-state index contributed by atoms with van der Waals surface area (Å²) in [5.74, 6) is 0.680. The molecule has 0 saturated carbocycles. The van der Waals surface area contributed by atoms with Crippen LogP contribution < -0.4 is 11.1 Å². The van der Waals surface area contributed by atoms with Crippen LogP contribution in [-0.2, 0) is 0 Å². The average molecular weight is 288 g/mol. The number of anilines is 1. The lowest BCUT2D eigenvalue weighted by atomic mass is 10.2. The monoisotopic (exact) mass is 288 g/mol. The summed E-state index contributed by atoms with van der Waals surface area (Å²) < 4.78 is 1.50. The van der Waals surface area contributed by atoms with Gasteiger partial charge in [-0.25, -0.2) is 9.97 Å². The number of nitrogens with zero attached hydrogens (tertiary/aromatic N) is 4. The lowest BCUT2D eigenvalue weighted by molar-refractivity contribution is 0.0956. The van der Waals surface area contributed by atoms with Crippen molar-refractivity contribution < 1.29 is 4.79 Å². The van der Waals surface area contributed by atoms with E-state index in [1.165, 1.54) is 15.9 Å². The Morgan fingerprint density at radius 1 is 1.50 bits per heavy atom. The predicted octanol–water partition coefficient (Wildman–Crippen LogP) is 1.18. The zero-order chi connectivity index (χ0) is 14.1. The van der Waals surface area contributed by atoms with Gasteiger partial charge in [0, 0.05) is 23.7 Å². The standard InChI is InChI=1S/C12H12N6OS/c1-2-14-11(19)7-5-8(13)18-9(6-7)16-10(17-18)12-15-3-4-20-12/h3-6H,2,13H2,1H3,(H,14,19). The molecule has 0 aromatic carbocycles. The molecule has 3 heterocycles. The van der Waals surface area contributed by atoms with Crippen LogP contribution in [0.5, 0.6) is 0 Å². The van der Waals surface area contributed by atoms with E-state index >= 15 is 0 Å². The van der Waals surface area contributed by atoms with Crippen LogP contribution in [0.25, 0.3) is 16.5 Å². The SMILES string of the molecule is CCNC(=O)c1cc(N)n2nc(-c3nccs3)nc2c1. The third-order valence-electron chi connectivity index (χ3n) is 2.69. The maximum Gasteiger partial charge on any atom is 0.251 e. The summed E-state index contributed by atoms with van der Waals surface area (Å²) in [5, 5.41) is 9.59. The molecule has 0 fully saturated rings. The summed E-state index contributed by atoms with van der Waals surface area (Å²) in [7, 11) is 0. The number of hydrogen-bond donors (Lipinski definition) is 2. The highest BCUT2D eigenvalue weighted by atomic mass is 32.1. The zero-order valence-corrected chi connectivity index (χ0v) is 11.5. The maximum absolute atomic E-state index is 11.8. The summed E-state index contributed by atoms with van der Waals surface area (Å²) in [5.41, 5.74) is 6.91. The van der Waals surface area contributed by atoms with Crippen molar-refractivity contribution in [1.82, 2.24) is 24.9 Å². The van der Waals surface area contributed by atoms with E-state index < -0.39 is 0 Å². The van der Waals surface area contributed by atoms with Crippen molar-refractivity contribution in [3.63, 3.8) is 0 Å². The Balaban J connectivity index is 2.10. The van der Waals surface area contributed by atoms with Crippen molar-refractivity contribution in [2.24, 2.45) is 0 Å². The molecule has 0 radical (unpaired) electrons. The Labute approximate surface area is 118 Å². The molecule has 102 valence electrons. The number of carbonyl (C=O) groups excluding carboxylic acids is 1. The molecular formula is C12H12N6OS. The molecule has 3 rings (SSSR count). The average Bonchev–Trinajstić information content (AvgIpc) is 3.07. The number of amides is 1. The van der Waals surface area contributed by atoms with E-state index in [2.05, 4.69) is 20.4 Å². The Kier molecular flexibility index (Phi) is 3.07. The zero-order valence-electron chi connectivity index (χ0n) is 10.7. The number of nitrogens with two attached hydrogens (primary N) is 1. The van der Waals surface area contributed by atoms with Crippen LogP contribution >= 0.6 is 11.3 Å². The van der Waals surface area contributed by atoms with Gasteiger partial charge >= 0.3 is 0 Å². The highest BCUT2D eigenvalue weighted by Gasteiger charge is 2.13. The van der Waals surface area contributed by atoms with Crippen molar-refractivity contribution in [3.05, 3.63) is 29.3 Å². The van der Waals surface area contributed by atoms with E-state index in [0.717, 1.165) is 0 Å². The first-order valence-electron chi connectivity index (χ1n) is 6.03. The largest absolute Gasteiger partial charge is 0.384 e. The highest BCUT2D eigenvalue weighted by Crippen LogP contribution is 2.20. The fourth-order valence-corrected chi connectivity index (χ4v) is 2.39. The molecule has 3 aromatic heterocycles. The number of aromatic nitrogens is 4. The van der Waals surface area contributed by atoms with Gasteiger partial charge in [-0.3, -0.25) is 4.79 Å². The van der Waals surface area contributed by atoms with Crippen molar-refractivity contribution in [3.8, 4) is 10.8 Å². The van der Waals surface area contributed by atoms with E-state index in [4.69, 9.17) is 5.73 Å². The Bertz CT molecular complexity index is 764.